The third-order valence-electron chi connectivity index (χ3n) is 5.88. The van der Waals surface area contributed by atoms with Crippen LogP contribution in [-0.2, 0) is 14.4 Å². The van der Waals surface area contributed by atoms with E-state index < -0.39 is 29.9 Å². The topological polar surface area (TPSA) is 117 Å². The molecule has 30 heavy (non-hydrogen) atoms. The number of rotatable bonds is 6. The third kappa shape index (κ3) is 4.24. The molecule has 1 aromatic carbocycles. The summed E-state index contributed by atoms with van der Waals surface area (Å²) in [4.78, 5) is 50.7. The number of ether oxygens (including phenoxy) is 1. The average Bonchev–Trinajstić information content (AvgIpc) is 2.94. The zero-order valence-electron chi connectivity index (χ0n) is 17.5. The van der Waals surface area contributed by atoms with Crippen LogP contribution in [-0.4, -0.2) is 54.4 Å². The van der Waals surface area contributed by atoms with Crippen LogP contribution in [0.25, 0.3) is 0 Å². The number of hydrogen-bond acceptors (Lipinski definition) is 5. The second-order valence-corrected chi connectivity index (χ2v) is 7.97. The molecular formula is C21H28N4O5. The van der Waals surface area contributed by atoms with Gasteiger partial charge in [-0.05, 0) is 43.4 Å². The summed E-state index contributed by atoms with van der Waals surface area (Å²) in [6.07, 6.45) is 3.32. The second-order valence-electron chi connectivity index (χ2n) is 7.97. The van der Waals surface area contributed by atoms with Crippen LogP contribution >= 0.6 is 0 Å². The molecule has 0 radical (unpaired) electrons. The molecule has 2 unspecified atom stereocenters. The van der Waals surface area contributed by atoms with Crippen molar-refractivity contribution >= 4 is 29.4 Å². The van der Waals surface area contributed by atoms with Gasteiger partial charge in [-0.1, -0.05) is 25.8 Å². The highest BCUT2D eigenvalue weighted by Gasteiger charge is 2.55. The molecule has 9 heteroatoms. The predicted molar refractivity (Wildman–Crippen MR) is 110 cm³/mol. The van der Waals surface area contributed by atoms with Crippen molar-refractivity contribution in [3.05, 3.63) is 23.8 Å². The number of urea groups is 1. The highest BCUT2D eigenvalue weighted by atomic mass is 16.5. The molecule has 0 bridgehead atoms. The number of carbonyl (C=O) groups excluding carboxylic acids is 4. The molecule has 1 aliphatic heterocycles. The Morgan fingerprint density at radius 2 is 2.03 bits per heavy atom. The minimum Gasteiger partial charge on any atom is -0.495 e. The summed E-state index contributed by atoms with van der Waals surface area (Å²) < 4.78 is 5.21. The lowest BCUT2D eigenvalue weighted by molar-refractivity contribution is -0.137. The Bertz CT molecular complexity index is 871. The van der Waals surface area contributed by atoms with Crippen molar-refractivity contribution in [3.8, 4) is 5.75 Å². The zero-order valence-corrected chi connectivity index (χ0v) is 17.5. The maximum absolute atomic E-state index is 12.9. The van der Waals surface area contributed by atoms with Crippen molar-refractivity contribution in [2.24, 2.45) is 5.92 Å². The van der Waals surface area contributed by atoms with E-state index in [1.807, 2.05) is 19.9 Å². The van der Waals surface area contributed by atoms with Crippen LogP contribution < -0.4 is 20.7 Å². The van der Waals surface area contributed by atoms with Gasteiger partial charge in [0.2, 0.25) is 11.8 Å². The second kappa shape index (κ2) is 8.73. The van der Waals surface area contributed by atoms with Crippen LogP contribution in [0.3, 0.4) is 0 Å². The van der Waals surface area contributed by atoms with Crippen molar-refractivity contribution in [3.63, 3.8) is 0 Å². The maximum atomic E-state index is 12.9. The van der Waals surface area contributed by atoms with Crippen LogP contribution in [0.4, 0.5) is 10.5 Å². The molecule has 1 spiro atoms. The molecule has 1 heterocycles. The van der Waals surface area contributed by atoms with E-state index in [0.717, 1.165) is 29.7 Å². The van der Waals surface area contributed by atoms with Crippen LogP contribution in [0.2, 0.25) is 0 Å². The van der Waals surface area contributed by atoms with Gasteiger partial charge >= 0.3 is 6.03 Å². The van der Waals surface area contributed by atoms with Crippen LogP contribution in [0.1, 0.15) is 38.2 Å². The number of anilines is 1. The van der Waals surface area contributed by atoms with Crippen LogP contribution in [0, 0.1) is 12.8 Å². The smallest absolute Gasteiger partial charge is 0.325 e. The normalized spacial score (nSPS) is 23.3. The summed E-state index contributed by atoms with van der Waals surface area (Å²) >= 11 is 0. The van der Waals surface area contributed by atoms with Crippen LogP contribution in [0.15, 0.2) is 18.2 Å². The summed E-state index contributed by atoms with van der Waals surface area (Å²) in [7, 11) is 1.50. The van der Waals surface area contributed by atoms with Gasteiger partial charge in [-0.3, -0.25) is 19.3 Å². The van der Waals surface area contributed by atoms with E-state index in [4.69, 9.17) is 4.74 Å². The van der Waals surface area contributed by atoms with Gasteiger partial charge in [-0.25, -0.2) is 4.79 Å². The Balaban J connectivity index is 1.55. The van der Waals surface area contributed by atoms with E-state index in [0.29, 0.717) is 17.9 Å². The van der Waals surface area contributed by atoms with Gasteiger partial charge in [0.15, 0.2) is 0 Å². The molecule has 9 nitrogen and oxygen atoms in total. The number of methoxy groups -OCH3 is 1. The minimum absolute atomic E-state index is 0.0193. The van der Waals surface area contributed by atoms with E-state index in [1.54, 1.807) is 12.1 Å². The van der Waals surface area contributed by atoms with E-state index in [1.165, 1.54) is 7.11 Å². The quantitative estimate of drug-likeness (QED) is 0.609. The van der Waals surface area contributed by atoms with E-state index >= 15 is 0 Å². The molecule has 1 aromatic rings. The maximum Gasteiger partial charge on any atom is 0.325 e. The van der Waals surface area contributed by atoms with E-state index in [9.17, 15) is 19.2 Å². The molecule has 3 rings (SSSR count). The lowest BCUT2D eigenvalue weighted by Crippen LogP contribution is -2.54. The van der Waals surface area contributed by atoms with E-state index in [2.05, 4.69) is 16.0 Å². The SMILES string of the molecule is COc1ccc(C)cc1NC(=O)CNC(=O)CN1C(=O)NC2(CCCCC2C)C1=O. The van der Waals surface area contributed by atoms with Crippen molar-refractivity contribution in [1.29, 1.82) is 0 Å². The number of hydrogen-bond donors (Lipinski definition) is 3. The number of imide groups is 1. The summed E-state index contributed by atoms with van der Waals surface area (Å²) in [5.41, 5.74) is 0.535. The van der Waals surface area contributed by atoms with Gasteiger partial charge in [0.1, 0.15) is 17.8 Å². The highest BCUT2D eigenvalue weighted by Crippen LogP contribution is 2.38. The van der Waals surface area contributed by atoms with Crippen molar-refractivity contribution < 1.29 is 23.9 Å². The van der Waals surface area contributed by atoms with Gasteiger partial charge in [-0.2, -0.15) is 0 Å². The van der Waals surface area contributed by atoms with Crippen molar-refractivity contribution in [1.82, 2.24) is 15.5 Å². The molecule has 162 valence electrons. The number of benzene rings is 1. The number of amides is 5. The fourth-order valence-electron chi connectivity index (χ4n) is 4.13. The fourth-order valence-corrected chi connectivity index (χ4v) is 4.13. The molecule has 3 N–H and O–H groups in total. The number of aryl methyl sites for hydroxylation is 1. The molecule has 5 amide bonds. The number of carbonyl (C=O) groups is 4. The summed E-state index contributed by atoms with van der Waals surface area (Å²) in [6.45, 7) is 3.13. The van der Waals surface area contributed by atoms with Crippen molar-refractivity contribution in [2.75, 3.05) is 25.5 Å². The zero-order chi connectivity index (χ0) is 21.9. The Morgan fingerprint density at radius 1 is 1.27 bits per heavy atom. The van der Waals surface area contributed by atoms with Gasteiger partial charge in [0, 0.05) is 0 Å². The monoisotopic (exact) mass is 416 g/mol. The molecule has 1 saturated heterocycles. The van der Waals surface area contributed by atoms with Gasteiger partial charge in [0.05, 0.1) is 19.3 Å². The molecule has 1 saturated carbocycles. The Hall–Kier alpha value is -3.10. The van der Waals surface area contributed by atoms with Gasteiger partial charge in [-0.15, -0.1) is 0 Å². The minimum atomic E-state index is -0.908. The highest BCUT2D eigenvalue weighted by molar-refractivity contribution is 6.09. The molecular weight excluding hydrogens is 388 g/mol. The predicted octanol–water partition coefficient (Wildman–Crippen LogP) is 1.56. The summed E-state index contributed by atoms with van der Waals surface area (Å²) in [6, 6.07) is 4.80. The van der Waals surface area contributed by atoms with Crippen LogP contribution in [0.5, 0.6) is 5.75 Å². The first kappa shape index (κ1) is 21.6. The number of nitrogens with zero attached hydrogens (tertiary/aromatic N) is 1. The molecule has 0 aromatic heterocycles. The van der Waals surface area contributed by atoms with Gasteiger partial charge in [0.25, 0.3) is 5.91 Å². The lowest BCUT2D eigenvalue weighted by Gasteiger charge is -2.36. The standard InChI is InChI=1S/C21H28N4O5/c1-13-7-8-16(30-3)15(10-13)23-17(26)11-22-18(27)12-25-19(28)21(24-20(25)29)9-5-4-6-14(21)2/h7-8,10,14H,4-6,9,11-12H2,1-3H3,(H,22,27)(H,23,26)(H,24,29). The molecule has 2 fully saturated rings. The van der Waals surface area contributed by atoms with Crippen molar-refractivity contribution in [2.45, 2.75) is 45.1 Å². The third-order valence-corrected chi connectivity index (χ3v) is 5.88. The van der Waals surface area contributed by atoms with Gasteiger partial charge < -0.3 is 20.7 Å². The lowest BCUT2D eigenvalue weighted by atomic mass is 9.73. The Morgan fingerprint density at radius 3 is 2.73 bits per heavy atom. The first-order valence-corrected chi connectivity index (χ1v) is 10.1. The first-order chi connectivity index (χ1) is 14.3. The Labute approximate surface area is 175 Å². The molecule has 2 atom stereocenters. The number of nitrogens with one attached hydrogen (secondary N) is 3. The first-order valence-electron chi connectivity index (χ1n) is 10.1. The molecule has 1 aliphatic carbocycles. The average molecular weight is 416 g/mol. The molecule has 2 aliphatic rings. The summed E-state index contributed by atoms with van der Waals surface area (Å²) in [5, 5.41) is 7.95. The Kier molecular flexibility index (Phi) is 6.28. The largest absolute Gasteiger partial charge is 0.495 e. The summed E-state index contributed by atoms with van der Waals surface area (Å²) in [5.74, 6) is -0.853. The van der Waals surface area contributed by atoms with E-state index in [-0.39, 0.29) is 18.4 Å². The fraction of sp³-hybridized carbons (Fsp3) is 0.524.